The van der Waals surface area contributed by atoms with E-state index in [-0.39, 0.29) is 0 Å². The predicted molar refractivity (Wildman–Crippen MR) is 69.2 cm³/mol. The summed E-state index contributed by atoms with van der Waals surface area (Å²) in [6.45, 7) is 3.61. The Bertz CT molecular complexity index is 487. The van der Waals surface area contributed by atoms with Crippen LogP contribution in [0.4, 0.5) is 5.69 Å². The number of hydrogen-bond donors (Lipinski definition) is 0. The van der Waals surface area contributed by atoms with Crippen LogP contribution in [-0.4, -0.2) is 31.4 Å². The average molecular weight is 268 g/mol. The zero-order chi connectivity index (χ0) is 13.1. The molecular formula is C13H14ClNO3. The summed E-state index contributed by atoms with van der Waals surface area (Å²) in [6.07, 6.45) is 0.693. The predicted octanol–water partition coefficient (Wildman–Crippen LogP) is 2.30. The topological polar surface area (TPSA) is 46.6 Å². The summed E-state index contributed by atoms with van der Waals surface area (Å²) in [5.74, 6) is -1.03. The molecule has 0 radical (unpaired) electrons. The van der Waals surface area contributed by atoms with Gasteiger partial charge < -0.3 is 9.64 Å². The number of halogens is 1. The van der Waals surface area contributed by atoms with E-state index in [2.05, 4.69) is 0 Å². The number of ether oxygens (including phenoxy) is 1. The molecule has 0 atom stereocenters. The fourth-order valence-corrected chi connectivity index (χ4v) is 2.25. The molecule has 1 amide bonds. The first kappa shape index (κ1) is 13.1. The molecule has 1 aromatic rings. The smallest absolute Gasteiger partial charge is 0.299 e. The van der Waals surface area contributed by atoms with E-state index in [1.165, 1.54) is 4.90 Å². The Morgan fingerprint density at radius 3 is 2.83 bits per heavy atom. The number of benzene rings is 1. The highest BCUT2D eigenvalue weighted by Crippen LogP contribution is 2.33. The number of nitrogens with zero attached hydrogens (tertiary/aromatic N) is 1. The number of fused-ring (bicyclic) bond motifs is 1. The maximum atomic E-state index is 11.9. The van der Waals surface area contributed by atoms with Gasteiger partial charge in [-0.1, -0.05) is 17.7 Å². The Hall–Kier alpha value is -1.39. The van der Waals surface area contributed by atoms with Crippen LogP contribution >= 0.6 is 11.6 Å². The van der Waals surface area contributed by atoms with Crippen LogP contribution in [0.25, 0.3) is 0 Å². The summed E-state index contributed by atoms with van der Waals surface area (Å²) < 4.78 is 5.22. The van der Waals surface area contributed by atoms with Crippen molar-refractivity contribution in [3.8, 4) is 0 Å². The molecule has 1 heterocycles. The van der Waals surface area contributed by atoms with Crippen molar-refractivity contribution in [1.82, 2.24) is 0 Å². The molecule has 0 saturated heterocycles. The van der Waals surface area contributed by atoms with Crippen molar-refractivity contribution in [3.63, 3.8) is 0 Å². The van der Waals surface area contributed by atoms with E-state index in [1.807, 2.05) is 6.92 Å². The van der Waals surface area contributed by atoms with E-state index < -0.39 is 11.7 Å². The molecule has 0 aromatic heterocycles. The Balaban J connectivity index is 2.16. The number of ketones is 1. The SMILES string of the molecule is CCOCCCN1C(=O)C(=O)c2c(Cl)cccc21. The minimum Gasteiger partial charge on any atom is -0.382 e. The number of anilines is 1. The third-order valence-corrected chi connectivity index (χ3v) is 3.14. The first-order chi connectivity index (χ1) is 8.66. The quantitative estimate of drug-likeness (QED) is 0.607. The molecule has 0 aliphatic carbocycles. The largest absolute Gasteiger partial charge is 0.382 e. The first-order valence-corrected chi connectivity index (χ1v) is 6.27. The molecule has 0 fully saturated rings. The highest BCUT2D eigenvalue weighted by molar-refractivity contribution is 6.55. The van der Waals surface area contributed by atoms with Crippen LogP contribution in [0.2, 0.25) is 5.02 Å². The summed E-state index contributed by atoms with van der Waals surface area (Å²) in [6, 6.07) is 5.10. The van der Waals surface area contributed by atoms with Gasteiger partial charge in [0.05, 0.1) is 16.3 Å². The first-order valence-electron chi connectivity index (χ1n) is 5.89. The maximum absolute atomic E-state index is 11.9. The standard InChI is InChI=1S/C13H14ClNO3/c1-2-18-8-4-7-15-10-6-3-5-9(14)11(10)12(16)13(15)17/h3,5-6H,2,4,7-8H2,1H3. The second-order valence-corrected chi connectivity index (χ2v) is 4.38. The number of carbonyl (C=O) groups is 2. The number of amides is 1. The summed E-state index contributed by atoms with van der Waals surface area (Å²) in [4.78, 5) is 25.1. The van der Waals surface area contributed by atoms with Gasteiger partial charge in [-0.25, -0.2) is 0 Å². The fraction of sp³-hybridized carbons (Fsp3) is 0.385. The molecule has 1 aromatic carbocycles. The summed E-state index contributed by atoms with van der Waals surface area (Å²) in [5.41, 5.74) is 0.926. The van der Waals surface area contributed by atoms with E-state index in [1.54, 1.807) is 18.2 Å². The Labute approximate surface area is 110 Å². The lowest BCUT2D eigenvalue weighted by atomic mass is 10.1. The molecule has 2 rings (SSSR count). The molecule has 0 unspecified atom stereocenters. The molecule has 4 nitrogen and oxygen atoms in total. The fourth-order valence-electron chi connectivity index (χ4n) is 1.99. The molecule has 96 valence electrons. The molecular weight excluding hydrogens is 254 g/mol. The van der Waals surface area contributed by atoms with Crippen molar-refractivity contribution < 1.29 is 14.3 Å². The normalized spacial score (nSPS) is 14.2. The van der Waals surface area contributed by atoms with Gasteiger partial charge in [0.15, 0.2) is 0 Å². The number of carbonyl (C=O) groups excluding carboxylic acids is 2. The number of hydrogen-bond acceptors (Lipinski definition) is 3. The maximum Gasteiger partial charge on any atom is 0.299 e. The van der Waals surface area contributed by atoms with Crippen molar-refractivity contribution in [2.75, 3.05) is 24.7 Å². The zero-order valence-electron chi connectivity index (χ0n) is 10.1. The molecule has 0 spiro atoms. The zero-order valence-corrected chi connectivity index (χ0v) is 10.9. The van der Waals surface area contributed by atoms with Gasteiger partial charge in [0.25, 0.3) is 11.7 Å². The van der Waals surface area contributed by atoms with Crippen molar-refractivity contribution in [2.45, 2.75) is 13.3 Å². The average Bonchev–Trinajstić information content (AvgIpc) is 2.60. The van der Waals surface area contributed by atoms with Crippen LogP contribution in [0.1, 0.15) is 23.7 Å². The van der Waals surface area contributed by atoms with Crippen molar-refractivity contribution >= 4 is 29.0 Å². The van der Waals surface area contributed by atoms with Gasteiger partial charge in [-0.05, 0) is 25.5 Å². The van der Waals surface area contributed by atoms with Gasteiger partial charge in [0.1, 0.15) is 0 Å². The lowest BCUT2D eigenvalue weighted by molar-refractivity contribution is -0.114. The highest BCUT2D eigenvalue weighted by Gasteiger charge is 2.36. The number of Topliss-reactive ketones (excluding diaryl/α,β-unsaturated/α-hetero) is 1. The van der Waals surface area contributed by atoms with Crippen molar-refractivity contribution in [3.05, 3.63) is 28.8 Å². The van der Waals surface area contributed by atoms with Gasteiger partial charge >= 0.3 is 0 Å². The minimum absolute atomic E-state index is 0.320. The Morgan fingerprint density at radius 1 is 1.33 bits per heavy atom. The molecule has 0 bridgehead atoms. The van der Waals surface area contributed by atoms with Gasteiger partial charge in [-0.3, -0.25) is 9.59 Å². The van der Waals surface area contributed by atoms with E-state index in [0.29, 0.717) is 42.5 Å². The highest BCUT2D eigenvalue weighted by atomic mass is 35.5. The third kappa shape index (κ3) is 2.26. The van der Waals surface area contributed by atoms with Crippen LogP contribution in [0, 0.1) is 0 Å². The van der Waals surface area contributed by atoms with Crippen LogP contribution in [0.3, 0.4) is 0 Å². The number of rotatable bonds is 5. The second kappa shape index (κ2) is 5.50. The molecule has 18 heavy (non-hydrogen) atoms. The van der Waals surface area contributed by atoms with Crippen LogP contribution in [-0.2, 0) is 9.53 Å². The molecule has 0 N–H and O–H groups in total. The van der Waals surface area contributed by atoms with Gasteiger partial charge in [-0.2, -0.15) is 0 Å². The summed E-state index contributed by atoms with van der Waals surface area (Å²) >= 11 is 5.95. The Morgan fingerprint density at radius 2 is 2.11 bits per heavy atom. The van der Waals surface area contributed by atoms with E-state index in [9.17, 15) is 9.59 Å². The molecule has 1 aliphatic heterocycles. The summed E-state index contributed by atoms with van der Waals surface area (Å²) in [7, 11) is 0. The van der Waals surface area contributed by atoms with Crippen LogP contribution in [0.15, 0.2) is 18.2 Å². The van der Waals surface area contributed by atoms with Gasteiger partial charge in [-0.15, -0.1) is 0 Å². The van der Waals surface area contributed by atoms with Gasteiger partial charge in [0, 0.05) is 19.8 Å². The lowest BCUT2D eigenvalue weighted by Crippen LogP contribution is -2.31. The molecule has 1 aliphatic rings. The van der Waals surface area contributed by atoms with Gasteiger partial charge in [0.2, 0.25) is 0 Å². The van der Waals surface area contributed by atoms with Crippen LogP contribution in [0.5, 0.6) is 0 Å². The monoisotopic (exact) mass is 267 g/mol. The second-order valence-electron chi connectivity index (χ2n) is 3.97. The minimum atomic E-state index is -0.521. The van der Waals surface area contributed by atoms with Crippen LogP contribution < -0.4 is 4.90 Å². The molecule has 0 saturated carbocycles. The third-order valence-electron chi connectivity index (χ3n) is 2.82. The van der Waals surface area contributed by atoms with Crippen molar-refractivity contribution in [2.24, 2.45) is 0 Å². The Kier molecular flexibility index (Phi) is 3.99. The van der Waals surface area contributed by atoms with Crippen molar-refractivity contribution in [1.29, 1.82) is 0 Å². The van der Waals surface area contributed by atoms with E-state index in [0.717, 1.165) is 0 Å². The van der Waals surface area contributed by atoms with E-state index in [4.69, 9.17) is 16.3 Å². The molecule has 5 heteroatoms. The van der Waals surface area contributed by atoms with E-state index >= 15 is 0 Å². The lowest BCUT2D eigenvalue weighted by Gasteiger charge is -2.16. The summed E-state index contributed by atoms with van der Waals surface area (Å²) in [5, 5.41) is 0.332.